The van der Waals surface area contributed by atoms with Crippen LogP contribution in [0.5, 0.6) is 5.88 Å². The number of aromatic nitrogens is 6. The van der Waals surface area contributed by atoms with Gasteiger partial charge in [-0.25, -0.2) is 28.1 Å². The number of hydrogen-bond acceptors (Lipinski definition) is 9. The topological polar surface area (TPSA) is 153 Å². The Morgan fingerprint density at radius 2 is 1.96 bits per heavy atom. The molecule has 3 heterocycles. The summed E-state index contributed by atoms with van der Waals surface area (Å²) >= 11 is 0. The van der Waals surface area contributed by atoms with Crippen molar-refractivity contribution < 1.29 is 17.9 Å². The second kappa shape index (κ2) is 7.23. The molecule has 0 unspecified atom stereocenters. The van der Waals surface area contributed by atoms with Gasteiger partial charge in [0, 0.05) is 18.5 Å². The van der Waals surface area contributed by atoms with Crippen LogP contribution >= 0.6 is 0 Å². The van der Waals surface area contributed by atoms with E-state index in [1.807, 2.05) is 4.72 Å². The minimum atomic E-state index is -4.00. The number of amides is 1. The average Bonchev–Trinajstić information content (AvgIpc) is 3.12. The molecule has 11 nitrogen and oxygen atoms in total. The molecule has 134 valence electrons. The van der Waals surface area contributed by atoms with Gasteiger partial charge in [0.25, 0.3) is 0 Å². The highest BCUT2D eigenvalue weighted by Crippen LogP contribution is 2.15. The smallest absolute Gasteiger partial charge is 0.302 e. The van der Waals surface area contributed by atoms with Crippen LogP contribution < -0.4 is 9.46 Å². The quantitative estimate of drug-likeness (QED) is 0.602. The lowest BCUT2D eigenvalue weighted by Gasteiger charge is -2.04. The number of aromatic amines is 1. The van der Waals surface area contributed by atoms with Gasteiger partial charge < -0.3 is 9.72 Å². The molecule has 0 spiro atoms. The van der Waals surface area contributed by atoms with Crippen LogP contribution in [0.15, 0.2) is 36.7 Å². The van der Waals surface area contributed by atoms with Gasteiger partial charge in [0.05, 0.1) is 7.11 Å². The first kappa shape index (κ1) is 17.4. The number of carbonyl (C=O) groups excluding carboxylic acids is 1. The Balaban J connectivity index is 1.73. The fraction of sp³-hybridized carbons (Fsp3) is 0.143. The monoisotopic (exact) mass is 375 g/mol. The SMILES string of the molecule is COc1cccc(-c2nnc(C(=O)NS(=O)(=O)Cc3ncccn3)[nH]2)n1. The highest BCUT2D eigenvalue weighted by Gasteiger charge is 2.21. The van der Waals surface area contributed by atoms with Crippen molar-refractivity contribution in [3.8, 4) is 17.4 Å². The maximum atomic E-state index is 12.1. The molecule has 3 aromatic heterocycles. The van der Waals surface area contributed by atoms with E-state index in [9.17, 15) is 13.2 Å². The summed E-state index contributed by atoms with van der Waals surface area (Å²) in [5, 5.41) is 7.44. The number of hydrogen-bond donors (Lipinski definition) is 2. The molecular weight excluding hydrogens is 362 g/mol. The zero-order valence-electron chi connectivity index (χ0n) is 13.4. The molecule has 12 heteroatoms. The second-order valence-electron chi connectivity index (χ2n) is 4.94. The zero-order chi connectivity index (χ0) is 18.6. The molecule has 3 aromatic rings. The van der Waals surface area contributed by atoms with E-state index in [-0.39, 0.29) is 17.5 Å². The predicted molar refractivity (Wildman–Crippen MR) is 88.3 cm³/mol. The largest absolute Gasteiger partial charge is 0.481 e. The number of methoxy groups -OCH3 is 1. The molecular formula is C14H13N7O4S. The zero-order valence-corrected chi connectivity index (χ0v) is 14.3. The lowest BCUT2D eigenvalue weighted by molar-refractivity contribution is 0.0971. The van der Waals surface area contributed by atoms with Crippen molar-refractivity contribution in [2.24, 2.45) is 0 Å². The Labute approximate surface area is 148 Å². The van der Waals surface area contributed by atoms with Gasteiger partial charge in [-0.05, 0) is 12.1 Å². The van der Waals surface area contributed by atoms with E-state index in [1.54, 1.807) is 24.3 Å². The van der Waals surface area contributed by atoms with Gasteiger partial charge in [-0.15, -0.1) is 10.2 Å². The first-order valence-electron chi connectivity index (χ1n) is 7.21. The Bertz CT molecular complexity index is 1020. The summed E-state index contributed by atoms with van der Waals surface area (Å²) in [4.78, 5) is 26.5. The van der Waals surface area contributed by atoms with Crippen LogP contribution in [0.4, 0.5) is 0 Å². The number of carbonyl (C=O) groups is 1. The molecule has 0 saturated heterocycles. The first-order chi connectivity index (χ1) is 12.5. The van der Waals surface area contributed by atoms with Crippen LogP contribution in [0.3, 0.4) is 0 Å². The summed E-state index contributed by atoms with van der Waals surface area (Å²) in [6.45, 7) is 0. The second-order valence-corrected chi connectivity index (χ2v) is 6.66. The standard InChI is InChI=1S/C14H13N7O4S/c1-25-11-5-2-4-9(17-11)12-18-13(20-19-12)14(22)21-26(23,24)8-10-15-6-3-7-16-10/h2-7H,8H2,1H3,(H,21,22)(H,18,19,20). The van der Waals surface area contributed by atoms with Crippen LogP contribution in [-0.4, -0.2) is 51.6 Å². The van der Waals surface area contributed by atoms with Gasteiger partial charge in [0.2, 0.25) is 21.7 Å². The van der Waals surface area contributed by atoms with E-state index in [1.165, 1.54) is 19.5 Å². The molecule has 0 radical (unpaired) electrons. The number of nitrogens with one attached hydrogen (secondary N) is 2. The van der Waals surface area contributed by atoms with Crippen LogP contribution in [0.1, 0.15) is 16.4 Å². The van der Waals surface area contributed by atoms with Crippen LogP contribution in [0.2, 0.25) is 0 Å². The predicted octanol–water partition coefficient (Wildman–Crippen LogP) is -0.0749. The molecule has 0 aromatic carbocycles. The Hall–Kier alpha value is -3.41. The third-order valence-electron chi connectivity index (χ3n) is 3.06. The summed E-state index contributed by atoms with van der Waals surface area (Å²) in [7, 11) is -2.53. The van der Waals surface area contributed by atoms with Crippen molar-refractivity contribution >= 4 is 15.9 Å². The molecule has 1 amide bonds. The average molecular weight is 375 g/mol. The molecule has 0 aliphatic heterocycles. The fourth-order valence-electron chi connectivity index (χ4n) is 1.94. The number of sulfonamides is 1. The van der Waals surface area contributed by atoms with E-state index in [2.05, 4.69) is 30.1 Å². The minimum Gasteiger partial charge on any atom is -0.481 e. The molecule has 0 saturated carbocycles. The normalized spacial score (nSPS) is 11.1. The van der Waals surface area contributed by atoms with Crippen molar-refractivity contribution in [3.63, 3.8) is 0 Å². The van der Waals surface area contributed by atoms with E-state index < -0.39 is 21.7 Å². The van der Waals surface area contributed by atoms with Gasteiger partial charge in [0.1, 0.15) is 17.3 Å². The van der Waals surface area contributed by atoms with E-state index in [0.29, 0.717) is 11.6 Å². The first-order valence-corrected chi connectivity index (χ1v) is 8.87. The summed E-state index contributed by atoms with van der Waals surface area (Å²) in [5.74, 6) is -1.16. The summed E-state index contributed by atoms with van der Waals surface area (Å²) < 4.78 is 31.0. The molecule has 26 heavy (non-hydrogen) atoms. The van der Waals surface area contributed by atoms with Crippen molar-refractivity contribution in [2.75, 3.05) is 7.11 Å². The van der Waals surface area contributed by atoms with Crippen molar-refractivity contribution in [3.05, 3.63) is 48.3 Å². The molecule has 0 bridgehead atoms. The van der Waals surface area contributed by atoms with Crippen LogP contribution in [-0.2, 0) is 15.8 Å². The van der Waals surface area contributed by atoms with Crippen molar-refractivity contribution in [2.45, 2.75) is 5.75 Å². The molecule has 3 rings (SSSR count). The molecule has 0 fully saturated rings. The lowest BCUT2D eigenvalue weighted by Crippen LogP contribution is -2.32. The van der Waals surface area contributed by atoms with E-state index >= 15 is 0 Å². The Kier molecular flexibility index (Phi) is 4.84. The van der Waals surface area contributed by atoms with E-state index in [0.717, 1.165) is 0 Å². The van der Waals surface area contributed by atoms with Gasteiger partial charge in [-0.1, -0.05) is 6.07 Å². The van der Waals surface area contributed by atoms with Gasteiger partial charge >= 0.3 is 5.91 Å². The fourth-order valence-corrected chi connectivity index (χ4v) is 2.88. The molecule has 0 aliphatic rings. The Morgan fingerprint density at radius 3 is 2.69 bits per heavy atom. The molecule has 0 aliphatic carbocycles. The van der Waals surface area contributed by atoms with Gasteiger partial charge in [0.15, 0.2) is 5.82 Å². The van der Waals surface area contributed by atoms with Crippen molar-refractivity contribution in [1.29, 1.82) is 0 Å². The van der Waals surface area contributed by atoms with Gasteiger partial charge in [-0.2, -0.15) is 0 Å². The maximum absolute atomic E-state index is 12.1. The maximum Gasteiger partial charge on any atom is 0.302 e. The lowest BCUT2D eigenvalue weighted by atomic mass is 10.3. The number of pyridine rings is 1. The third-order valence-corrected chi connectivity index (χ3v) is 4.20. The summed E-state index contributed by atoms with van der Waals surface area (Å²) in [6, 6.07) is 6.52. The number of rotatable bonds is 6. The number of ether oxygens (including phenoxy) is 1. The van der Waals surface area contributed by atoms with E-state index in [4.69, 9.17) is 4.74 Å². The summed E-state index contributed by atoms with van der Waals surface area (Å²) in [5.41, 5.74) is 0.386. The highest BCUT2D eigenvalue weighted by molar-refractivity contribution is 7.89. The number of H-pyrrole nitrogens is 1. The van der Waals surface area contributed by atoms with Crippen LogP contribution in [0.25, 0.3) is 11.5 Å². The van der Waals surface area contributed by atoms with Crippen LogP contribution in [0, 0.1) is 0 Å². The molecule has 2 N–H and O–H groups in total. The minimum absolute atomic E-state index is 0.0617. The Morgan fingerprint density at radius 1 is 1.19 bits per heavy atom. The van der Waals surface area contributed by atoms with Gasteiger partial charge in [-0.3, -0.25) is 4.79 Å². The highest BCUT2D eigenvalue weighted by atomic mass is 32.2. The number of nitrogens with zero attached hydrogens (tertiary/aromatic N) is 5. The summed E-state index contributed by atoms with van der Waals surface area (Å²) in [6.07, 6.45) is 2.81. The van der Waals surface area contributed by atoms with Crippen molar-refractivity contribution in [1.82, 2.24) is 34.9 Å². The molecule has 0 atom stereocenters. The third kappa shape index (κ3) is 4.16.